The predicted octanol–water partition coefficient (Wildman–Crippen LogP) is 4.95. The lowest BCUT2D eigenvalue weighted by Crippen LogP contribution is -2.50. The summed E-state index contributed by atoms with van der Waals surface area (Å²) in [7, 11) is 0. The van der Waals surface area contributed by atoms with Crippen LogP contribution >= 0.6 is 11.8 Å². The van der Waals surface area contributed by atoms with E-state index in [2.05, 4.69) is 20.8 Å². The molecule has 0 radical (unpaired) electrons. The molecule has 0 fully saturated rings. The molecule has 0 saturated carbocycles. The number of nitrogens with two attached hydrogens (primary N) is 1. The summed E-state index contributed by atoms with van der Waals surface area (Å²) in [6, 6.07) is 3.91. The molecule has 214 valence electrons. The van der Waals surface area contributed by atoms with Crippen molar-refractivity contribution in [3.05, 3.63) is 63.2 Å². The van der Waals surface area contributed by atoms with Crippen molar-refractivity contribution in [2.75, 3.05) is 5.32 Å². The maximum absolute atomic E-state index is 14.3. The van der Waals surface area contributed by atoms with Crippen LogP contribution in [0.25, 0.3) is 0 Å². The summed E-state index contributed by atoms with van der Waals surface area (Å²) in [4.78, 5) is 35.4. The molecule has 0 spiro atoms. The predicted molar refractivity (Wildman–Crippen MR) is 123 cm³/mol. The lowest BCUT2D eigenvalue weighted by molar-refractivity contribution is -0.384. The van der Waals surface area contributed by atoms with Gasteiger partial charge in [0.2, 0.25) is 11.1 Å². The minimum Gasteiger partial charge on any atom is -0.366 e. The number of hydrogen-bond donors (Lipinski definition) is 2. The van der Waals surface area contributed by atoms with Crippen molar-refractivity contribution in [3.8, 4) is 0 Å². The van der Waals surface area contributed by atoms with Gasteiger partial charge in [-0.05, 0) is 60.3 Å². The number of alkyl halides is 7. The van der Waals surface area contributed by atoms with Crippen LogP contribution in [-0.4, -0.2) is 49.0 Å². The number of nitrogens with one attached hydrogen (secondary N) is 1. The van der Waals surface area contributed by atoms with E-state index >= 15 is 0 Å². The van der Waals surface area contributed by atoms with Crippen LogP contribution in [0.1, 0.15) is 46.2 Å². The van der Waals surface area contributed by atoms with Gasteiger partial charge in [-0.25, -0.2) is 4.68 Å². The number of nitrogens with zero attached hydrogens (tertiary/aromatic N) is 5. The first kappa shape index (κ1) is 30.3. The Morgan fingerprint density at radius 2 is 1.70 bits per heavy atom. The molecule has 0 bridgehead atoms. The summed E-state index contributed by atoms with van der Waals surface area (Å²) in [5.74, 6) is -15.4. The Balaban J connectivity index is 2.03. The summed E-state index contributed by atoms with van der Waals surface area (Å²) in [6.45, 7) is 3.50. The molecule has 11 nitrogen and oxygen atoms in total. The van der Waals surface area contributed by atoms with Crippen molar-refractivity contribution >= 4 is 35.0 Å². The first-order chi connectivity index (χ1) is 18.4. The number of non-ortho nitro benzene ring substituents is 1. The molecule has 0 atom stereocenters. The lowest BCUT2D eigenvalue weighted by atomic mass is 9.95. The van der Waals surface area contributed by atoms with Crippen LogP contribution in [0.4, 0.5) is 42.1 Å². The number of carbonyl (C=O) groups excluding carboxylic acids is 2. The number of halogens is 7. The first-order valence-electron chi connectivity index (χ1n) is 10.7. The highest BCUT2D eigenvalue weighted by Gasteiger charge is 2.74. The number of nitro groups is 1. The summed E-state index contributed by atoms with van der Waals surface area (Å²) in [5, 5.41) is 24.7. The molecule has 0 aliphatic rings. The fraction of sp³-hybridized carbons (Fsp3) is 0.286. The van der Waals surface area contributed by atoms with E-state index in [-0.39, 0.29) is 27.7 Å². The summed E-state index contributed by atoms with van der Waals surface area (Å²) < 4.78 is 95.1. The lowest BCUT2D eigenvalue weighted by Gasteiger charge is -2.29. The molecule has 19 heteroatoms. The van der Waals surface area contributed by atoms with Gasteiger partial charge in [0.25, 0.3) is 11.6 Å². The van der Waals surface area contributed by atoms with Crippen molar-refractivity contribution < 1.29 is 45.2 Å². The molecule has 3 aromatic rings. The summed E-state index contributed by atoms with van der Waals surface area (Å²) >= 11 is 0.834. The van der Waals surface area contributed by atoms with Crippen LogP contribution in [0.2, 0.25) is 0 Å². The van der Waals surface area contributed by atoms with Crippen molar-refractivity contribution in [2.24, 2.45) is 5.73 Å². The van der Waals surface area contributed by atoms with E-state index in [9.17, 15) is 50.4 Å². The van der Waals surface area contributed by atoms with Gasteiger partial charge in [0.15, 0.2) is 0 Å². The Bertz CT molecular complexity index is 1480. The monoisotopic (exact) mass is 595 g/mol. The third-order valence-corrected chi connectivity index (χ3v) is 6.23. The van der Waals surface area contributed by atoms with Gasteiger partial charge in [0, 0.05) is 28.3 Å². The highest BCUT2D eigenvalue weighted by atomic mass is 32.2. The number of rotatable bonds is 9. The number of primary amides is 1. The molecule has 3 rings (SSSR count). The smallest absolute Gasteiger partial charge is 0.366 e. The Labute approximate surface area is 223 Å². The van der Waals surface area contributed by atoms with E-state index in [1.165, 1.54) is 10.7 Å². The summed E-state index contributed by atoms with van der Waals surface area (Å²) in [6.07, 6.45) is -6.68. The molecule has 1 heterocycles. The van der Waals surface area contributed by atoms with Crippen LogP contribution in [0.5, 0.6) is 0 Å². The Morgan fingerprint density at radius 1 is 1.05 bits per heavy atom. The van der Waals surface area contributed by atoms with Gasteiger partial charge in [0.05, 0.1) is 22.1 Å². The molecular weight excluding hydrogens is 579 g/mol. The standard InChI is InChI=1S/C21H16F7N7O4S/c1-9(2)34-18(31-32-33-34)40-15-6-4-11(35(38)39)8-13(15)17(37)30-10-3-5-14(12(7-10)16(29)36)19(22,23)20(24,25)21(26,27)28/h3-9H,1-2H3,(H2,29,36)(H,30,37). The molecule has 0 unspecified atom stereocenters. The van der Waals surface area contributed by atoms with E-state index in [1.54, 1.807) is 13.8 Å². The minimum atomic E-state index is -6.68. The second-order valence-electron chi connectivity index (χ2n) is 8.26. The molecule has 1 aromatic heterocycles. The number of carbonyl (C=O) groups is 2. The first-order valence-corrected chi connectivity index (χ1v) is 11.5. The van der Waals surface area contributed by atoms with E-state index in [0.717, 1.165) is 23.9 Å². The minimum absolute atomic E-state index is 0.0786. The van der Waals surface area contributed by atoms with Crippen LogP contribution in [0, 0.1) is 10.1 Å². The van der Waals surface area contributed by atoms with E-state index in [4.69, 9.17) is 5.73 Å². The van der Waals surface area contributed by atoms with Gasteiger partial charge < -0.3 is 11.1 Å². The zero-order valence-corrected chi connectivity index (χ0v) is 20.9. The fourth-order valence-corrected chi connectivity index (χ4v) is 4.23. The average molecular weight is 595 g/mol. The van der Waals surface area contributed by atoms with Gasteiger partial charge >= 0.3 is 18.0 Å². The van der Waals surface area contributed by atoms with Crippen molar-refractivity contribution in [1.82, 2.24) is 20.2 Å². The maximum atomic E-state index is 14.3. The van der Waals surface area contributed by atoms with E-state index in [1.807, 2.05) is 0 Å². The van der Waals surface area contributed by atoms with E-state index < -0.39 is 57.3 Å². The van der Waals surface area contributed by atoms with Crippen molar-refractivity contribution in [3.63, 3.8) is 0 Å². The molecular formula is C21H16F7N7O4S. The summed E-state index contributed by atoms with van der Waals surface area (Å²) in [5.41, 5.74) is 0.0835. The van der Waals surface area contributed by atoms with Crippen LogP contribution in [0.3, 0.4) is 0 Å². The normalized spacial score (nSPS) is 12.4. The zero-order chi connectivity index (χ0) is 30.2. The van der Waals surface area contributed by atoms with Crippen molar-refractivity contribution in [1.29, 1.82) is 0 Å². The van der Waals surface area contributed by atoms with Crippen LogP contribution < -0.4 is 11.1 Å². The molecule has 3 N–H and O–H groups in total. The molecule has 0 aliphatic heterocycles. The molecule has 40 heavy (non-hydrogen) atoms. The SMILES string of the molecule is CC(C)n1nnnc1Sc1ccc([N+](=O)[O-])cc1C(=O)Nc1ccc(C(F)(F)C(F)(F)C(F)(F)F)c(C(N)=O)c1. The number of nitro benzene ring substituents is 1. The Morgan fingerprint density at radius 3 is 2.25 bits per heavy atom. The quantitative estimate of drug-likeness (QED) is 0.200. The zero-order valence-electron chi connectivity index (χ0n) is 20.0. The molecule has 0 saturated heterocycles. The topological polar surface area (TPSA) is 159 Å². The van der Waals surface area contributed by atoms with Gasteiger partial charge in [-0.15, -0.1) is 5.10 Å². The molecule has 2 aromatic carbocycles. The highest BCUT2D eigenvalue weighted by Crippen LogP contribution is 2.52. The largest absolute Gasteiger partial charge is 0.460 e. The molecule has 2 amide bonds. The third kappa shape index (κ3) is 5.68. The number of benzene rings is 2. The Kier molecular flexibility index (Phi) is 8.09. The highest BCUT2D eigenvalue weighted by molar-refractivity contribution is 7.99. The number of hydrogen-bond acceptors (Lipinski definition) is 8. The number of anilines is 1. The number of amides is 2. The Hall–Kier alpha value is -4.29. The van der Waals surface area contributed by atoms with Gasteiger partial charge in [0.1, 0.15) is 0 Å². The number of tetrazole rings is 1. The second kappa shape index (κ2) is 10.7. The second-order valence-corrected chi connectivity index (χ2v) is 9.27. The molecule has 0 aliphatic carbocycles. The third-order valence-electron chi connectivity index (χ3n) is 5.20. The van der Waals surface area contributed by atoms with Crippen LogP contribution in [0.15, 0.2) is 46.5 Å². The van der Waals surface area contributed by atoms with Gasteiger partial charge in [-0.3, -0.25) is 19.7 Å². The average Bonchev–Trinajstić information content (AvgIpc) is 3.31. The van der Waals surface area contributed by atoms with Crippen LogP contribution in [-0.2, 0) is 5.92 Å². The number of aromatic nitrogens is 4. The maximum Gasteiger partial charge on any atom is 0.460 e. The van der Waals surface area contributed by atoms with E-state index in [0.29, 0.717) is 12.1 Å². The van der Waals surface area contributed by atoms with Crippen molar-refractivity contribution in [2.45, 2.75) is 48.0 Å². The fourth-order valence-electron chi connectivity index (χ4n) is 3.22. The van der Waals surface area contributed by atoms with Gasteiger partial charge in [-0.2, -0.15) is 30.7 Å². The van der Waals surface area contributed by atoms with Gasteiger partial charge in [-0.1, -0.05) is 0 Å².